The topological polar surface area (TPSA) is 0 Å². The molecule has 92 valence electrons. The zero-order chi connectivity index (χ0) is 11.7. The fourth-order valence-corrected chi connectivity index (χ4v) is 2.42. The fraction of sp³-hybridized carbons (Fsp3) is 1.00. The highest BCUT2D eigenvalue weighted by Crippen LogP contribution is 2.26. The van der Waals surface area contributed by atoms with Crippen LogP contribution < -0.4 is 0 Å². The van der Waals surface area contributed by atoms with Gasteiger partial charge in [0.05, 0.1) is 0 Å². The Hall–Kier alpha value is 0. The summed E-state index contributed by atoms with van der Waals surface area (Å²) in [6.45, 7) is 11.8. The molecule has 0 aliphatic heterocycles. The van der Waals surface area contributed by atoms with Gasteiger partial charge >= 0.3 is 0 Å². The minimum Gasteiger partial charge on any atom is -0.0654 e. The van der Waals surface area contributed by atoms with E-state index in [1.807, 2.05) is 0 Å². The normalized spacial score (nSPS) is 15.6. The molecule has 0 heteroatoms. The van der Waals surface area contributed by atoms with Crippen LogP contribution in [0.4, 0.5) is 0 Å². The van der Waals surface area contributed by atoms with Crippen LogP contribution in [0.5, 0.6) is 0 Å². The molecular formula is C15H32. The van der Waals surface area contributed by atoms with E-state index in [-0.39, 0.29) is 0 Å². The minimum absolute atomic E-state index is 0.876. The lowest BCUT2D eigenvalue weighted by molar-refractivity contribution is 0.303. The van der Waals surface area contributed by atoms with Crippen LogP contribution in [0.25, 0.3) is 0 Å². The molecule has 15 heavy (non-hydrogen) atoms. The maximum atomic E-state index is 2.41. The third-order valence-corrected chi connectivity index (χ3v) is 3.45. The summed E-state index contributed by atoms with van der Waals surface area (Å²) >= 11 is 0. The van der Waals surface area contributed by atoms with E-state index in [2.05, 4.69) is 34.6 Å². The van der Waals surface area contributed by atoms with Gasteiger partial charge in [-0.05, 0) is 30.6 Å². The SMILES string of the molecule is CCCCCC(CC(C)C)CC(C)CC. The van der Waals surface area contributed by atoms with Crippen LogP contribution in [-0.4, -0.2) is 0 Å². The standard InChI is InChI=1S/C15H32/c1-6-8-9-10-15(11-13(3)4)12-14(5)7-2/h13-15H,6-12H2,1-5H3. The van der Waals surface area contributed by atoms with E-state index in [0.29, 0.717) is 0 Å². The Morgan fingerprint density at radius 3 is 2.00 bits per heavy atom. The Morgan fingerprint density at radius 2 is 1.53 bits per heavy atom. The maximum Gasteiger partial charge on any atom is -0.0409 e. The summed E-state index contributed by atoms with van der Waals surface area (Å²) in [5.41, 5.74) is 0. The Bertz CT molecular complexity index is 126. The van der Waals surface area contributed by atoms with E-state index in [0.717, 1.165) is 17.8 Å². The molecule has 0 aliphatic rings. The Labute approximate surface area is 97.8 Å². The summed E-state index contributed by atoms with van der Waals surface area (Å²) < 4.78 is 0. The van der Waals surface area contributed by atoms with Gasteiger partial charge in [-0.2, -0.15) is 0 Å². The van der Waals surface area contributed by atoms with Crippen molar-refractivity contribution >= 4 is 0 Å². The van der Waals surface area contributed by atoms with E-state index >= 15 is 0 Å². The van der Waals surface area contributed by atoms with Crippen LogP contribution in [0.3, 0.4) is 0 Å². The van der Waals surface area contributed by atoms with Crippen LogP contribution in [0.2, 0.25) is 0 Å². The van der Waals surface area contributed by atoms with Crippen molar-refractivity contribution in [2.45, 2.75) is 79.6 Å². The summed E-state index contributed by atoms with van der Waals surface area (Å²) in [6.07, 6.45) is 9.95. The van der Waals surface area contributed by atoms with Gasteiger partial charge in [-0.15, -0.1) is 0 Å². The molecule has 0 nitrogen and oxygen atoms in total. The first-order valence-corrected chi connectivity index (χ1v) is 7.10. The molecule has 0 saturated carbocycles. The molecule has 0 aromatic rings. The molecule has 0 fully saturated rings. The lowest BCUT2D eigenvalue weighted by Gasteiger charge is -2.22. The zero-order valence-corrected chi connectivity index (χ0v) is 11.7. The van der Waals surface area contributed by atoms with Crippen LogP contribution in [0.15, 0.2) is 0 Å². The van der Waals surface area contributed by atoms with Gasteiger partial charge in [-0.1, -0.05) is 66.7 Å². The van der Waals surface area contributed by atoms with Crippen LogP contribution in [0, 0.1) is 17.8 Å². The summed E-state index contributed by atoms with van der Waals surface area (Å²) in [7, 11) is 0. The molecule has 2 atom stereocenters. The molecule has 0 aromatic heterocycles. The average molecular weight is 212 g/mol. The molecule has 0 amide bonds. The molecule has 0 aromatic carbocycles. The first-order chi connectivity index (χ1) is 7.10. The van der Waals surface area contributed by atoms with Crippen LogP contribution in [-0.2, 0) is 0 Å². The van der Waals surface area contributed by atoms with Gasteiger partial charge in [0.1, 0.15) is 0 Å². The highest BCUT2D eigenvalue weighted by molar-refractivity contribution is 4.65. The molecule has 0 spiro atoms. The van der Waals surface area contributed by atoms with Gasteiger partial charge in [0.25, 0.3) is 0 Å². The van der Waals surface area contributed by atoms with E-state index in [4.69, 9.17) is 0 Å². The summed E-state index contributed by atoms with van der Waals surface area (Å²) in [5, 5.41) is 0. The van der Waals surface area contributed by atoms with Gasteiger partial charge in [-0.25, -0.2) is 0 Å². The predicted octanol–water partition coefficient (Wildman–Crippen LogP) is 5.67. The fourth-order valence-electron chi connectivity index (χ4n) is 2.42. The highest BCUT2D eigenvalue weighted by atomic mass is 14.2. The van der Waals surface area contributed by atoms with Crippen LogP contribution >= 0.6 is 0 Å². The van der Waals surface area contributed by atoms with E-state index in [1.165, 1.54) is 44.9 Å². The third kappa shape index (κ3) is 8.96. The summed E-state index contributed by atoms with van der Waals surface area (Å²) in [6, 6.07) is 0. The van der Waals surface area contributed by atoms with Crippen molar-refractivity contribution in [3.05, 3.63) is 0 Å². The van der Waals surface area contributed by atoms with Gasteiger partial charge in [0, 0.05) is 0 Å². The number of hydrogen-bond acceptors (Lipinski definition) is 0. The van der Waals surface area contributed by atoms with Crippen molar-refractivity contribution in [3.8, 4) is 0 Å². The van der Waals surface area contributed by atoms with E-state index in [1.54, 1.807) is 0 Å². The lowest BCUT2D eigenvalue weighted by Crippen LogP contribution is -2.09. The van der Waals surface area contributed by atoms with Crippen molar-refractivity contribution < 1.29 is 0 Å². The maximum absolute atomic E-state index is 2.41. The van der Waals surface area contributed by atoms with Gasteiger partial charge in [0.2, 0.25) is 0 Å². The molecule has 0 bridgehead atoms. The number of unbranched alkanes of at least 4 members (excludes halogenated alkanes) is 2. The van der Waals surface area contributed by atoms with Crippen LogP contribution in [0.1, 0.15) is 79.6 Å². The second kappa shape index (κ2) is 9.24. The molecule has 0 saturated heterocycles. The first-order valence-electron chi connectivity index (χ1n) is 7.10. The predicted molar refractivity (Wildman–Crippen MR) is 71.2 cm³/mol. The number of hydrogen-bond donors (Lipinski definition) is 0. The van der Waals surface area contributed by atoms with Crippen molar-refractivity contribution in [1.82, 2.24) is 0 Å². The quantitative estimate of drug-likeness (QED) is 0.432. The second-order valence-corrected chi connectivity index (χ2v) is 5.74. The second-order valence-electron chi connectivity index (χ2n) is 5.74. The molecule has 2 unspecified atom stereocenters. The molecule has 0 aliphatic carbocycles. The Morgan fingerprint density at radius 1 is 0.867 bits per heavy atom. The molecule has 0 radical (unpaired) electrons. The third-order valence-electron chi connectivity index (χ3n) is 3.45. The molecule has 0 N–H and O–H groups in total. The molecule has 0 rings (SSSR count). The monoisotopic (exact) mass is 212 g/mol. The Kier molecular flexibility index (Phi) is 9.24. The zero-order valence-electron chi connectivity index (χ0n) is 11.7. The first kappa shape index (κ1) is 15.0. The van der Waals surface area contributed by atoms with Crippen molar-refractivity contribution in [1.29, 1.82) is 0 Å². The minimum atomic E-state index is 0.876. The van der Waals surface area contributed by atoms with E-state index < -0.39 is 0 Å². The lowest BCUT2D eigenvalue weighted by atomic mass is 9.84. The van der Waals surface area contributed by atoms with Crippen molar-refractivity contribution in [2.24, 2.45) is 17.8 Å². The Balaban J connectivity index is 3.83. The van der Waals surface area contributed by atoms with E-state index in [9.17, 15) is 0 Å². The molecular weight excluding hydrogens is 180 g/mol. The summed E-state index contributed by atoms with van der Waals surface area (Å²) in [5.74, 6) is 2.79. The van der Waals surface area contributed by atoms with Crippen molar-refractivity contribution in [3.63, 3.8) is 0 Å². The van der Waals surface area contributed by atoms with Gasteiger partial charge in [-0.3, -0.25) is 0 Å². The number of rotatable bonds is 9. The highest BCUT2D eigenvalue weighted by Gasteiger charge is 2.13. The van der Waals surface area contributed by atoms with Crippen molar-refractivity contribution in [2.75, 3.05) is 0 Å². The summed E-state index contributed by atoms with van der Waals surface area (Å²) in [4.78, 5) is 0. The average Bonchev–Trinajstić information content (AvgIpc) is 2.17. The smallest absolute Gasteiger partial charge is 0.0409 e. The molecule has 0 heterocycles. The van der Waals surface area contributed by atoms with Gasteiger partial charge in [0.15, 0.2) is 0 Å². The largest absolute Gasteiger partial charge is 0.0654 e. The van der Waals surface area contributed by atoms with Gasteiger partial charge < -0.3 is 0 Å².